The summed E-state index contributed by atoms with van der Waals surface area (Å²) >= 11 is 0. The Bertz CT molecular complexity index is 766. The minimum absolute atomic E-state index is 0.212. The Balaban J connectivity index is 2.03. The molecule has 0 bridgehead atoms. The molecular formula is C18H18F3N2+. The summed E-state index contributed by atoms with van der Waals surface area (Å²) in [5.74, 6) is -2.69. The van der Waals surface area contributed by atoms with E-state index in [-0.39, 0.29) is 5.69 Å². The van der Waals surface area contributed by atoms with Crippen LogP contribution in [0.2, 0.25) is 0 Å². The molecule has 0 saturated carbocycles. The molecule has 1 heterocycles. The van der Waals surface area contributed by atoms with Crippen molar-refractivity contribution >= 4 is 17.7 Å². The third kappa shape index (κ3) is 2.83. The van der Waals surface area contributed by atoms with Gasteiger partial charge in [-0.05, 0) is 31.9 Å². The van der Waals surface area contributed by atoms with Crippen molar-refractivity contribution in [3.8, 4) is 0 Å². The van der Waals surface area contributed by atoms with Gasteiger partial charge < -0.3 is 0 Å². The van der Waals surface area contributed by atoms with E-state index in [1.165, 1.54) is 10.5 Å². The highest BCUT2D eigenvalue weighted by atomic mass is 19.1. The smallest absolute Gasteiger partial charge is 0.229 e. The number of hydrogen-bond donors (Lipinski definition) is 0. The quantitative estimate of drug-likeness (QED) is 0.751. The zero-order chi connectivity index (χ0) is 16.7. The average Bonchev–Trinajstić information content (AvgIpc) is 2.85. The maximum atomic E-state index is 13.9. The van der Waals surface area contributed by atoms with Gasteiger partial charge in [-0.1, -0.05) is 17.7 Å². The summed E-state index contributed by atoms with van der Waals surface area (Å²) < 4.78 is 42.9. The first-order chi connectivity index (χ1) is 10.9. The predicted molar refractivity (Wildman–Crippen MR) is 85.2 cm³/mol. The summed E-state index contributed by atoms with van der Waals surface area (Å²) in [7, 11) is 0. The lowest BCUT2D eigenvalue weighted by Gasteiger charge is -2.09. The molecule has 1 aliphatic rings. The van der Waals surface area contributed by atoms with Crippen molar-refractivity contribution in [3.63, 3.8) is 0 Å². The van der Waals surface area contributed by atoms with E-state index in [0.717, 1.165) is 16.8 Å². The summed E-state index contributed by atoms with van der Waals surface area (Å²) in [4.78, 5) is 1.49. The average molecular weight is 319 g/mol. The van der Waals surface area contributed by atoms with Crippen molar-refractivity contribution in [1.82, 2.24) is 0 Å². The topological polar surface area (TPSA) is 6.25 Å². The third-order valence-corrected chi connectivity index (χ3v) is 4.05. The van der Waals surface area contributed by atoms with Crippen molar-refractivity contribution in [3.05, 3.63) is 58.4 Å². The lowest BCUT2D eigenvalue weighted by molar-refractivity contribution is -0.425. The monoisotopic (exact) mass is 319 g/mol. The van der Waals surface area contributed by atoms with Crippen molar-refractivity contribution in [2.75, 3.05) is 18.0 Å². The highest BCUT2D eigenvalue weighted by molar-refractivity contribution is 5.79. The fourth-order valence-electron chi connectivity index (χ4n) is 3.27. The van der Waals surface area contributed by atoms with Gasteiger partial charge in [0.15, 0.2) is 17.3 Å². The van der Waals surface area contributed by atoms with Gasteiger partial charge >= 0.3 is 0 Å². The zero-order valence-electron chi connectivity index (χ0n) is 13.3. The molecule has 2 aromatic carbocycles. The summed E-state index contributed by atoms with van der Waals surface area (Å²) in [6.45, 7) is 7.12. The van der Waals surface area contributed by atoms with Gasteiger partial charge in [-0.25, -0.2) is 22.6 Å². The Morgan fingerprint density at radius 2 is 1.48 bits per heavy atom. The van der Waals surface area contributed by atoms with E-state index in [4.69, 9.17) is 0 Å². The van der Waals surface area contributed by atoms with Crippen LogP contribution >= 0.6 is 0 Å². The molecule has 23 heavy (non-hydrogen) atoms. The first-order valence-electron chi connectivity index (χ1n) is 7.47. The van der Waals surface area contributed by atoms with E-state index >= 15 is 0 Å². The second-order valence-corrected chi connectivity index (χ2v) is 5.97. The van der Waals surface area contributed by atoms with Gasteiger partial charge in [0.05, 0.1) is 0 Å². The summed E-state index contributed by atoms with van der Waals surface area (Å²) in [5, 5.41) is 0. The first-order valence-corrected chi connectivity index (χ1v) is 7.47. The Kier molecular flexibility index (Phi) is 3.88. The largest absolute Gasteiger partial charge is 0.244 e. The van der Waals surface area contributed by atoms with Crippen LogP contribution in [0.4, 0.5) is 24.5 Å². The van der Waals surface area contributed by atoms with Gasteiger partial charge in [0.25, 0.3) is 0 Å². The number of benzene rings is 2. The molecule has 0 radical (unpaired) electrons. The van der Waals surface area contributed by atoms with Crippen molar-refractivity contribution in [2.24, 2.45) is 0 Å². The van der Waals surface area contributed by atoms with E-state index in [0.29, 0.717) is 25.2 Å². The molecule has 0 amide bonds. The number of anilines is 1. The summed E-state index contributed by atoms with van der Waals surface area (Å²) in [6, 6.07) is 5.57. The van der Waals surface area contributed by atoms with Crippen LogP contribution in [-0.4, -0.2) is 24.0 Å². The SMILES string of the molecule is Cc1cc(C)c([N+]2=CN(c3c(F)cc(F)cc3F)CC2)c(C)c1. The number of hydrogen-bond acceptors (Lipinski definition) is 1. The molecule has 1 aliphatic heterocycles. The van der Waals surface area contributed by atoms with Crippen LogP contribution in [0.1, 0.15) is 16.7 Å². The number of aryl methyl sites for hydroxylation is 3. The van der Waals surface area contributed by atoms with E-state index < -0.39 is 17.5 Å². The van der Waals surface area contributed by atoms with Crippen molar-refractivity contribution < 1.29 is 17.7 Å². The molecule has 2 nitrogen and oxygen atoms in total. The van der Waals surface area contributed by atoms with Crippen LogP contribution < -0.4 is 4.90 Å². The van der Waals surface area contributed by atoms with Gasteiger partial charge in [-0.15, -0.1) is 0 Å². The molecule has 5 heteroatoms. The van der Waals surface area contributed by atoms with Crippen LogP contribution in [0.3, 0.4) is 0 Å². The maximum Gasteiger partial charge on any atom is 0.244 e. The Morgan fingerprint density at radius 3 is 2.04 bits per heavy atom. The van der Waals surface area contributed by atoms with E-state index in [9.17, 15) is 13.2 Å². The Morgan fingerprint density at radius 1 is 0.913 bits per heavy atom. The molecular weight excluding hydrogens is 301 g/mol. The minimum Gasteiger partial charge on any atom is -0.229 e. The molecule has 0 unspecified atom stereocenters. The van der Waals surface area contributed by atoms with Crippen LogP contribution in [0.25, 0.3) is 0 Å². The van der Waals surface area contributed by atoms with Gasteiger partial charge in [-0.3, -0.25) is 0 Å². The van der Waals surface area contributed by atoms with E-state index in [1.807, 2.05) is 25.3 Å². The zero-order valence-corrected chi connectivity index (χ0v) is 13.3. The normalized spacial score (nSPS) is 14.3. The number of rotatable bonds is 2. The van der Waals surface area contributed by atoms with Gasteiger partial charge in [0.1, 0.15) is 24.6 Å². The summed E-state index contributed by atoms with van der Waals surface area (Å²) in [6.07, 6.45) is 1.68. The molecule has 0 fully saturated rings. The number of nitrogens with zero attached hydrogens (tertiary/aromatic N) is 2. The fraction of sp³-hybridized carbons (Fsp3) is 0.278. The molecule has 0 spiro atoms. The molecule has 0 atom stereocenters. The predicted octanol–water partition coefficient (Wildman–Crippen LogP) is 4.22. The molecule has 0 aliphatic carbocycles. The van der Waals surface area contributed by atoms with E-state index in [1.54, 1.807) is 6.34 Å². The Hall–Kier alpha value is -2.30. The van der Waals surface area contributed by atoms with Gasteiger partial charge in [0.2, 0.25) is 6.34 Å². The van der Waals surface area contributed by atoms with Crippen LogP contribution in [-0.2, 0) is 0 Å². The van der Waals surface area contributed by atoms with E-state index in [2.05, 4.69) is 12.1 Å². The second-order valence-electron chi connectivity index (χ2n) is 5.97. The molecule has 120 valence electrons. The van der Waals surface area contributed by atoms with Crippen LogP contribution in [0, 0.1) is 38.2 Å². The lowest BCUT2D eigenvalue weighted by atomic mass is 10.0. The second kappa shape index (κ2) is 5.72. The van der Waals surface area contributed by atoms with Crippen molar-refractivity contribution in [2.45, 2.75) is 20.8 Å². The minimum atomic E-state index is -0.912. The maximum absolute atomic E-state index is 13.9. The first kappa shape index (κ1) is 15.6. The molecule has 0 N–H and O–H groups in total. The van der Waals surface area contributed by atoms with Crippen LogP contribution in [0.5, 0.6) is 0 Å². The molecule has 0 saturated heterocycles. The van der Waals surface area contributed by atoms with Crippen molar-refractivity contribution in [1.29, 1.82) is 0 Å². The van der Waals surface area contributed by atoms with Gasteiger partial charge in [-0.2, -0.15) is 0 Å². The molecule has 0 aromatic heterocycles. The summed E-state index contributed by atoms with van der Waals surface area (Å²) in [5.41, 5.74) is 4.23. The highest BCUT2D eigenvalue weighted by Crippen LogP contribution is 2.29. The standard InChI is InChI=1S/C18H18F3N2/c1-11-6-12(2)17(13(3)7-11)22-4-5-23(10-22)18-15(20)8-14(19)9-16(18)21/h6-10H,4-5H2,1-3H3/q+1. The molecule has 2 aromatic rings. The van der Waals surface area contributed by atoms with Crippen LogP contribution in [0.15, 0.2) is 24.3 Å². The third-order valence-electron chi connectivity index (χ3n) is 4.05. The highest BCUT2D eigenvalue weighted by Gasteiger charge is 2.29. The number of halogens is 3. The molecule has 3 rings (SSSR count). The lowest BCUT2D eigenvalue weighted by Crippen LogP contribution is -2.21. The Labute approximate surface area is 133 Å². The fourth-order valence-corrected chi connectivity index (χ4v) is 3.27. The van der Waals surface area contributed by atoms with Gasteiger partial charge in [0, 0.05) is 12.1 Å².